The SMILES string of the molecule is CCOC(=O)C1(C(=O)OCC)CCC[C@H]1[C@H](ON1C(C)(C)CCCC1(C)C)c1ccccc1. The van der Waals surface area contributed by atoms with Gasteiger partial charge in [0.1, 0.15) is 6.10 Å². The summed E-state index contributed by atoms with van der Waals surface area (Å²) in [4.78, 5) is 33.7. The van der Waals surface area contributed by atoms with Crippen LogP contribution in [-0.2, 0) is 23.9 Å². The van der Waals surface area contributed by atoms with Gasteiger partial charge in [-0.05, 0) is 79.2 Å². The van der Waals surface area contributed by atoms with Crippen LogP contribution in [-0.4, -0.2) is 41.3 Å². The number of rotatable bonds is 8. The quantitative estimate of drug-likeness (QED) is 0.372. The highest BCUT2D eigenvalue weighted by Gasteiger charge is 2.61. The Kier molecular flexibility index (Phi) is 7.90. The van der Waals surface area contributed by atoms with Crippen molar-refractivity contribution >= 4 is 11.9 Å². The Morgan fingerprint density at radius 3 is 1.97 bits per heavy atom. The van der Waals surface area contributed by atoms with Crippen LogP contribution in [0.15, 0.2) is 30.3 Å². The molecular weight excluding hydrogens is 418 g/mol. The van der Waals surface area contributed by atoms with Crippen LogP contribution in [0.5, 0.6) is 0 Å². The highest BCUT2D eigenvalue weighted by molar-refractivity contribution is 6.01. The molecule has 6 nitrogen and oxygen atoms in total. The smallest absolute Gasteiger partial charge is 0.323 e. The lowest BCUT2D eigenvalue weighted by Crippen LogP contribution is -2.59. The zero-order valence-corrected chi connectivity index (χ0v) is 21.2. The third-order valence-corrected chi connectivity index (χ3v) is 7.39. The third-order valence-electron chi connectivity index (χ3n) is 7.39. The Morgan fingerprint density at radius 2 is 1.45 bits per heavy atom. The second kappa shape index (κ2) is 10.1. The van der Waals surface area contributed by atoms with E-state index in [-0.39, 0.29) is 30.2 Å². The summed E-state index contributed by atoms with van der Waals surface area (Å²) in [6, 6.07) is 9.96. The van der Waals surface area contributed by atoms with E-state index >= 15 is 0 Å². The van der Waals surface area contributed by atoms with Crippen LogP contribution in [0.25, 0.3) is 0 Å². The van der Waals surface area contributed by atoms with Crippen molar-refractivity contribution < 1.29 is 23.9 Å². The van der Waals surface area contributed by atoms with Gasteiger partial charge in [0.2, 0.25) is 0 Å². The first-order valence-electron chi connectivity index (χ1n) is 12.5. The number of piperidine rings is 1. The molecule has 33 heavy (non-hydrogen) atoms. The largest absolute Gasteiger partial charge is 0.465 e. The molecule has 0 radical (unpaired) electrons. The van der Waals surface area contributed by atoms with Crippen LogP contribution in [0.1, 0.15) is 91.7 Å². The number of carbonyl (C=O) groups excluding carboxylic acids is 2. The number of hydroxylamine groups is 2. The molecule has 1 saturated heterocycles. The van der Waals surface area contributed by atoms with E-state index < -0.39 is 23.5 Å². The predicted octanol–water partition coefficient (Wildman–Crippen LogP) is 5.62. The zero-order valence-electron chi connectivity index (χ0n) is 21.2. The number of esters is 2. The summed E-state index contributed by atoms with van der Waals surface area (Å²) in [5, 5.41) is 2.13. The summed E-state index contributed by atoms with van der Waals surface area (Å²) in [7, 11) is 0. The van der Waals surface area contributed by atoms with Gasteiger partial charge in [-0.3, -0.25) is 14.4 Å². The van der Waals surface area contributed by atoms with Gasteiger partial charge in [-0.2, -0.15) is 5.06 Å². The molecule has 1 saturated carbocycles. The first-order chi connectivity index (χ1) is 15.6. The van der Waals surface area contributed by atoms with Crippen molar-refractivity contribution in [3.8, 4) is 0 Å². The van der Waals surface area contributed by atoms with Gasteiger partial charge in [0, 0.05) is 17.0 Å². The van der Waals surface area contributed by atoms with E-state index in [9.17, 15) is 9.59 Å². The van der Waals surface area contributed by atoms with E-state index in [1.807, 2.05) is 30.3 Å². The van der Waals surface area contributed by atoms with E-state index in [2.05, 4.69) is 32.8 Å². The molecule has 1 aliphatic heterocycles. The molecule has 1 aromatic rings. The predicted molar refractivity (Wildman–Crippen MR) is 127 cm³/mol. The monoisotopic (exact) mass is 459 g/mol. The fourth-order valence-corrected chi connectivity index (χ4v) is 5.94. The molecule has 3 rings (SSSR count). The highest BCUT2D eigenvalue weighted by atomic mass is 16.7. The lowest BCUT2D eigenvalue weighted by Gasteiger charge is -2.53. The summed E-state index contributed by atoms with van der Waals surface area (Å²) in [5.41, 5.74) is -0.760. The molecule has 1 aromatic carbocycles. The lowest BCUT2D eigenvalue weighted by molar-refractivity contribution is -0.319. The molecular formula is C27H41NO5. The number of hydrogen-bond donors (Lipinski definition) is 0. The number of hydrogen-bond acceptors (Lipinski definition) is 6. The van der Waals surface area contributed by atoms with Gasteiger partial charge in [0.05, 0.1) is 13.2 Å². The second-order valence-electron chi connectivity index (χ2n) is 10.6. The third kappa shape index (κ3) is 4.97. The molecule has 1 heterocycles. The average Bonchev–Trinajstić information content (AvgIpc) is 3.20. The fraction of sp³-hybridized carbons (Fsp3) is 0.704. The van der Waals surface area contributed by atoms with Crippen molar-refractivity contribution in [1.29, 1.82) is 0 Å². The number of benzene rings is 1. The van der Waals surface area contributed by atoms with Crippen molar-refractivity contribution in [3.63, 3.8) is 0 Å². The molecule has 0 unspecified atom stereocenters. The lowest BCUT2D eigenvalue weighted by atomic mass is 9.73. The molecule has 1 aliphatic carbocycles. The molecule has 6 heteroatoms. The van der Waals surface area contributed by atoms with E-state index in [1.54, 1.807) is 13.8 Å². The molecule has 2 aliphatic rings. The molecule has 0 amide bonds. The van der Waals surface area contributed by atoms with Gasteiger partial charge >= 0.3 is 11.9 Å². The van der Waals surface area contributed by atoms with Crippen molar-refractivity contribution in [3.05, 3.63) is 35.9 Å². The summed E-state index contributed by atoms with van der Waals surface area (Å²) in [6.45, 7) is 12.8. The first kappa shape index (κ1) is 25.7. The molecule has 184 valence electrons. The first-order valence-corrected chi connectivity index (χ1v) is 12.5. The molecule has 0 aromatic heterocycles. The Balaban J connectivity index is 2.09. The Morgan fingerprint density at radius 1 is 0.909 bits per heavy atom. The van der Waals surface area contributed by atoms with Gasteiger partial charge in [0.25, 0.3) is 0 Å². The van der Waals surface area contributed by atoms with E-state index in [0.29, 0.717) is 12.8 Å². The van der Waals surface area contributed by atoms with Crippen LogP contribution in [0, 0.1) is 11.3 Å². The van der Waals surface area contributed by atoms with Crippen molar-refractivity contribution in [1.82, 2.24) is 5.06 Å². The second-order valence-corrected chi connectivity index (χ2v) is 10.6. The van der Waals surface area contributed by atoms with Gasteiger partial charge in [-0.1, -0.05) is 36.8 Å². The van der Waals surface area contributed by atoms with Crippen molar-refractivity contribution in [2.45, 2.75) is 97.2 Å². The zero-order chi connectivity index (χ0) is 24.3. The Bertz CT molecular complexity index is 785. The molecule has 2 atom stereocenters. The van der Waals surface area contributed by atoms with Gasteiger partial charge < -0.3 is 9.47 Å². The van der Waals surface area contributed by atoms with Crippen LogP contribution in [0.4, 0.5) is 0 Å². The summed E-state index contributed by atoms with van der Waals surface area (Å²) in [5.74, 6) is -1.37. The van der Waals surface area contributed by atoms with E-state index in [1.165, 1.54) is 0 Å². The summed E-state index contributed by atoms with van der Waals surface area (Å²) >= 11 is 0. The normalized spacial score (nSPS) is 24.7. The standard InChI is InChI=1S/C27H41NO5/c1-7-31-23(29)27(24(30)32-8-2)19-12-16-21(27)22(20-14-10-9-11-15-20)33-28-25(3,4)17-13-18-26(28,5)6/h9-11,14-15,21-22H,7-8,12-13,16-19H2,1-6H3/t21-,22+/m0/s1. The van der Waals surface area contributed by atoms with Crippen molar-refractivity contribution in [2.24, 2.45) is 11.3 Å². The molecule has 0 N–H and O–H groups in total. The Labute approximate surface area is 198 Å². The number of nitrogens with zero attached hydrogens (tertiary/aromatic N) is 1. The minimum Gasteiger partial charge on any atom is -0.465 e. The van der Waals surface area contributed by atoms with E-state index in [0.717, 1.165) is 31.2 Å². The van der Waals surface area contributed by atoms with Gasteiger partial charge in [0.15, 0.2) is 5.41 Å². The maximum Gasteiger partial charge on any atom is 0.323 e. The van der Waals surface area contributed by atoms with Crippen LogP contribution in [0.2, 0.25) is 0 Å². The maximum atomic E-state index is 13.4. The summed E-state index contributed by atoms with van der Waals surface area (Å²) < 4.78 is 11.0. The van der Waals surface area contributed by atoms with Gasteiger partial charge in [-0.25, -0.2) is 0 Å². The number of carbonyl (C=O) groups is 2. The highest BCUT2D eigenvalue weighted by Crippen LogP contribution is 2.54. The minimum atomic E-state index is -1.36. The fourth-order valence-electron chi connectivity index (χ4n) is 5.94. The minimum absolute atomic E-state index is 0.177. The van der Waals surface area contributed by atoms with Crippen LogP contribution < -0.4 is 0 Å². The average molecular weight is 460 g/mol. The van der Waals surface area contributed by atoms with Crippen LogP contribution >= 0.6 is 0 Å². The maximum absolute atomic E-state index is 13.4. The van der Waals surface area contributed by atoms with Crippen molar-refractivity contribution in [2.75, 3.05) is 13.2 Å². The Hall–Kier alpha value is -1.92. The topological polar surface area (TPSA) is 65.1 Å². The van der Waals surface area contributed by atoms with E-state index in [4.69, 9.17) is 14.3 Å². The molecule has 2 fully saturated rings. The summed E-state index contributed by atoms with van der Waals surface area (Å²) in [6.07, 6.45) is 4.53. The van der Waals surface area contributed by atoms with Crippen LogP contribution in [0.3, 0.4) is 0 Å². The molecule has 0 bridgehead atoms. The van der Waals surface area contributed by atoms with Gasteiger partial charge in [-0.15, -0.1) is 0 Å². The molecule has 0 spiro atoms. The number of ether oxygens (including phenoxy) is 2.